The normalized spacial score (nSPS) is 23.7. The lowest BCUT2D eigenvalue weighted by molar-refractivity contribution is 0.0899. The van der Waals surface area contributed by atoms with Gasteiger partial charge >= 0.3 is 0 Å². The number of halogens is 1. The highest BCUT2D eigenvalue weighted by Crippen LogP contribution is 2.23. The molecule has 0 aliphatic heterocycles. The standard InChI is InChI=1S/C14H19BrN2O2/c15-12-6-11(7-16-8-12)14(19)17-13-5-3-1-2-4-10(13)9-18/h6-8,10,13,18H,1-5,9H2,(H,17,19)/t10-,13-/m0/s1. The number of nitrogens with zero attached hydrogens (tertiary/aromatic N) is 1. The second-order valence-electron chi connectivity index (χ2n) is 5.05. The zero-order chi connectivity index (χ0) is 13.7. The number of aliphatic hydroxyl groups excluding tert-OH is 1. The van der Waals surface area contributed by atoms with Crippen LogP contribution in [0.1, 0.15) is 42.5 Å². The number of carbonyl (C=O) groups excluding carboxylic acids is 1. The summed E-state index contributed by atoms with van der Waals surface area (Å²) < 4.78 is 0.791. The van der Waals surface area contributed by atoms with E-state index < -0.39 is 0 Å². The van der Waals surface area contributed by atoms with Crippen LogP contribution in [0.3, 0.4) is 0 Å². The van der Waals surface area contributed by atoms with Crippen LogP contribution in [-0.2, 0) is 0 Å². The van der Waals surface area contributed by atoms with Crippen molar-refractivity contribution in [1.82, 2.24) is 10.3 Å². The number of aliphatic hydroxyl groups is 1. The third-order valence-electron chi connectivity index (χ3n) is 3.68. The molecule has 19 heavy (non-hydrogen) atoms. The molecule has 0 unspecified atom stereocenters. The van der Waals surface area contributed by atoms with Crippen molar-refractivity contribution < 1.29 is 9.90 Å². The molecule has 0 saturated heterocycles. The summed E-state index contributed by atoms with van der Waals surface area (Å²) in [4.78, 5) is 16.2. The Kier molecular flexibility index (Phi) is 5.34. The van der Waals surface area contributed by atoms with Crippen molar-refractivity contribution in [3.05, 3.63) is 28.5 Å². The fourth-order valence-corrected chi connectivity index (χ4v) is 2.95. The third-order valence-corrected chi connectivity index (χ3v) is 4.11. The average molecular weight is 327 g/mol. The van der Waals surface area contributed by atoms with E-state index in [0.29, 0.717) is 5.56 Å². The highest BCUT2D eigenvalue weighted by molar-refractivity contribution is 9.10. The highest BCUT2D eigenvalue weighted by Gasteiger charge is 2.24. The number of carbonyl (C=O) groups is 1. The summed E-state index contributed by atoms with van der Waals surface area (Å²) in [5.74, 6) is 0.0608. The Morgan fingerprint density at radius 3 is 2.89 bits per heavy atom. The highest BCUT2D eigenvalue weighted by atomic mass is 79.9. The van der Waals surface area contributed by atoms with Gasteiger partial charge in [-0.15, -0.1) is 0 Å². The van der Waals surface area contributed by atoms with E-state index >= 15 is 0 Å². The molecule has 4 nitrogen and oxygen atoms in total. The molecule has 1 saturated carbocycles. The lowest BCUT2D eigenvalue weighted by Crippen LogP contribution is -2.41. The van der Waals surface area contributed by atoms with Crippen LogP contribution >= 0.6 is 15.9 Å². The Morgan fingerprint density at radius 1 is 1.37 bits per heavy atom. The zero-order valence-corrected chi connectivity index (χ0v) is 12.4. The Labute approximate surface area is 121 Å². The monoisotopic (exact) mass is 326 g/mol. The van der Waals surface area contributed by atoms with E-state index in [-0.39, 0.29) is 24.5 Å². The van der Waals surface area contributed by atoms with Crippen molar-refractivity contribution in [3.63, 3.8) is 0 Å². The molecule has 0 bridgehead atoms. The van der Waals surface area contributed by atoms with E-state index in [1.54, 1.807) is 18.5 Å². The predicted molar refractivity (Wildman–Crippen MR) is 76.9 cm³/mol. The fourth-order valence-electron chi connectivity index (χ4n) is 2.58. The molecule has 1 heterocycles. The molecule has 0 radical (unpaired) electrons. The number of aromatic nitrogens is 1. The second-order valence-corrected chi connectivity index (χ2v) is 5.97. The molecule has 1 aliphatic carbocycles. The summed E-state index contributed by atoms with van der Waals surface area (Å²) >= 11 is 3.31. The third kappa shape index (κ3) is 4.01. The van der Waals surface area contributed by atoms with E-state index in [4.69, 9.17) is 0 Å². The van der Waals surface area contributed by atoms with E-state index in [1.807, 2.05) is 0 Å². The van der Waals surface area contributed by atoms with E-state index in [9.17, 15) is 9.90 Å². The van der Waals surface area contributed by atoms with Crippen molar-refractivity contribution in [2.75, 3.05) is 6.61 Å². The minimum atomic E-state index is -0.112. The molecular formula is C14H19BrN2O2. The number of rotatable bonds is 3. The number of hydrogen-bond donors (Lipinski definition) is 2. The van der Waals surface area contributed by atoms with Gasteiger partial charge in [-0.05, 0) is 34.8 Å². The summed E-state index contributed by atoms with van der Waals surface area (Å²) in [6.07, 6.45) is 8.57. The Bertz CT molecular complexity index is 439. The molecule has 1 aliphatic rings. The first-order valence-corrected chi connectivity index (χ1v) is 7.52. The van der Waals surface area contributed by atoms with Crippen LogP contribution in [0.4, 0.5) is 0 Å². The van der Waals surface area contributed by atoms with Gasteiger partial charge in [-0.25, -0.2) is 0 Å². The SMILES string of the molecule is O=C(N[C@H]1CCCCC[C@H]1CO)c1cncc(Br)c1. The molecule has 5 heteroatoms. The summed E-state index contributed by atoms with van der Waals surface area (Å²) in [5.41, 5.74) is 0.551. The lowest BCUT2D eigenvalue weighted by atomic mass is 9.95. The van der Waals surface area contributed by atoms with Gasteiger partial charge in [0.25, 0.3) is 5.91 Å². The molecule has 2 rings (SSSR count). The first-order chi connectivity index (χ1) is 9.20. The maximum absolute atomic E-state index is 12.2. The Balaban J connectivity index is 2.04. The predicted octanol–water partition coefficient (Wildman–Crippen LogP) is 2.52. The van der Waals surface area contributed by atoms with Gasteiger partial charge in [0.05, 0.1) is 5.56 Å². The average Bonchev–Trinajstić information content (AvgIpc) is 2.63. The van der Waals surface area contributed by atoms with Crippen molar-refractivity contribution in [3.8, 4) is 0 Å². The molecule has 1 aromatic rings. The van der Waals surface area contributed by atoms with Gasteiger partial charge in [0.15, 0.2) is 0 Å². The van der Waals surface area contributed by atoms with Crippen molar-refractivity contribution in [1.29, 1.82) is 0 Å². The molecule has 0 aromatic carbocycles. The van der Waals surface area contributed by atoms with Crippen LogP contribution in [0.2, 0.25) is 0 Å². The van der Waals surface area contributed by atoms with Crippen LogP contribution in [-0.4, -0.2) is 28.6 Å². The number of pyridine rings is 1. The van der Waals surface area contributed by atoms with E-state index in [1.165, 1.54) is 6.42 Å². The minimum absolute atomic E-state index is 0.0685. The van der Waals surface area contributed by atoms with Crippen LogP contribution in [0, 0.1) is 5.92 Å². The van der Waals surface area contributed by atoms with Gasteiger partial charge in [0, 0.05) is 35.4 Å². The topological polar surface area (TPSA) is 62.2 Å². The molecule has 104 valence electrons. The second kappa shape index (κ2) is 7.01. The quantitative estimate of drug-likeness (QED) is 0.839. The van der Waals surface area contributed by atoms with Gasteiger partial charge in [-0.1, -0.05) is 19.3 Å². The van der Waals surface area contributed by atoms with Gasteiger partial charge in [0.2, 0.25) is 0 Å². The minimum Gasteiger partial charge on any atom is -0.396 e. The molecule has 2 N–H and O–H groups in total. The summed E-state index contributed by atoms with van der Waals surface area (Å²) in [6.45, 7) is 0.141. The maximum atomic E-state index is 12.2. The van der Waals surface area contributed by atoms with Crippen LogP contribution < -0.4 is 5.32 Å². The van der Waals surface area contributed by atoms with E-state index in [0.717, 1.165) is 30.2 Å². The molecule has 1 fully saturated rings. The summed E-state index contributed by atoms with van der Waals surface area (Å²) in [7, 11) is 0. The Morgan fingerprint density at radius 2 is 2.16 bits per heavy atom. The Hall–Kier alpha value is -0.940. The lowest BCUT2D eigenvalue weighted by Gasteiger charge is -2.24. The van der Waals surface area contributed by atoms with Gasteiger partial charge in [-0.2, -0.15) is 0 Å². The fraction of sp³-hybridized carbons (Fsp3) is 0.571. The molecular weight excluding hydrogens is 308 g/mol. The largest absolute Gasteiger partial charge is 0.396 e. The van der Waals surface area contributed by atoms with Crippen molar-refractivity contribution >= 4 is 21.8 Å². The summed E-state index contributed by atoms with van der Waals surface area (Å²) in [6, 6.07) is 1.83. The first kappa shape index (κ1) is 14.5. The number of hydrogen-bond acceptors (Lipinski definition) is 3. The maximum Gasteiger partial charge on any atom is 0.253 e. The van der Waals surface area contributed by atoms with Crippen molar-refractivity contribution in [2.45, 2.75) is 38.1 Å². The molecule has 1 aromatic heterocycles. The van der Waals surface area contributed by atoms with Crippen LogP contribution in [0.5, 0.6) is 0 Å². The molecule has 0 spiro atoms. The van der Waals surface area contributed by atoms with Gasteiger partial charge in [0.1, 0.15) is 0 Å². The van der Waals surface area contributed by atoms with Crippen LogP contribution in [0.25, 0.3) is 0 Å². The van der Waals surface area contributed by atoms with Gasteiger partial charge in [-0.3, -0.25) is 9.78 Å². The van der Waals surface area contributed by atoms with Crippen LogP contribution in [0.15, 0.2) is 22.9 Å². The van der Waals surface area contributed by atoms with Crippen molar-refractivity contribution in [2.24, 2.45) is 5.92 Å². The number of nitrogens with one attached hydrogen (secondary N) is 1. The van der Waals surface area contributed by atoms with E-state index in [2.05, 4.69) is 26.2 Å². The molecule has 1 amide bonds. The number of amides is 1. The smallest absolute Gasteiger partial charge is 0.253 e. The van der Waals surface area contributed by atoms with Gasteiger partial charge < -0.3 is 10.4 Å². The zero-order valence-electron chi connectivity index (χ0n) is 10.8. The first-order valence-electron chi connectivity index (χ1n) is 6.73. The molecule has 2 atom stereocenters. The summed E-state index contributed by atoms with van der Waals surface area (Å²) in [5, 5.41) is 12.5.